The van der Waals surface area contributed by atoms with E-state index in [2.05, 4.69) is 0 Å². The zero-order chi connectivity index (χ0) is 16.0. The molecule has 8 heteroatoms. The number of nitrogens with two attached hydrogens (primary N) is 1. The first-order valence-corrected chi connectivity index (χ1v) is 8.08. The van der Waals surface area contributed by atoms with Crippen molar-refractivity contribution >= 4 is 51.0 Å². The molecule has 0 spiro atoms. The lowest BCUT2D eigenvalue weighted by molar-refractivity contribution is -0.137. The topological polar surface area (TPSA) is 89.6 Å². The number of ether oxygens (including phenoxy) is 1. The van der Waals surface area contributed by atoms with Crippen molar-refractivity contribution in [2.45, 2.75) is 17.9 Å². The summed E-state index contributed by atoms with van der Waals surface area (Å²) in [6.45, 7) is 1.46. The van der Waals surface area contributed by atoms with Crippen LogP contribution in [0.25, 0.3) is 0 Å². The van der Waals surface area contributed by atoms with Crippen LogP contribution in [-0.2, 0) is 9.59 Å². The van der Waals surface area contributed by atoms with Gasteiger partial charge in [0.1, 0.15) is 11.8 Å². The molecule has 1 aromatic carbocycles. The van der Waals surface area contributed by atoms with Crippen LogP contribution in [0.3, 0.4) is 0 Å². The quantitative estimate of drug-likeness (QED) is 0.599. The molecule has 5 nitrogen and oxygen atoms in total. The van der Waals surface area contributed by atoms with Crippen molar-refractivity contribution < 1.29 is 19.4 Å². The lowest BCUT2D eigenvalue weighted by Gasteiger charge is -2.13. The Bertz CT molecular complexity index is 562. The molecule has 1 aromatic rings. The predicted octanol–water partition coefficient (Wildman–Crippen LogP) is 2.15. The molecule has 0 saturated heterocycles. The van der Waals surface area contributed by atoms with E-state index in [0.29, 0.717) is 20.4 Å². The fraction of sp³-hybridized carbons (Fsp3) is 0.308. The van der Waals surface area contributed by atoms with Gasteiger partial charge in [0, 0.05) is 18.2 Å². The Balaban J connectivity index is 2.97. The lowest BCUT2D eigenvalue weighted by atomic mass is 10.2. The Morgan fingerprint density at radius 1 is 1.48 bits per heavy atom. The summed E-state index contributed by atoms with van der Waals surface area (Å²) in [5.41, 5.74) is 6.13. The van der Waals surface area contributed by atoms with Gasteiger partial charge in [0.25, 0.3) is 0 Å². The van der Waals surface area contributed by atoms with E-state index in [1.165, 1.54) is 25.8 Å². The molecule has 21 heavy (non-hydrogen) atoms. The highest BCUT2D eigenvalue weighted by atomic mass is 32.2. The van der Waals surface area contributed by atoms with Gasteiger partial charge in [-0.05, 0) is 17.8 Å². The number of benzene rings is 1. The number of carboxylic acid groups (broad SMARTS) is 1. The summed E-state index contributed by atoms with van der Waals surface area (Å²) < 4.78 is 5.72. The fourth-order valence-electron chi connectivity index (χ4n) is 1.40. The number of hydrogen-bond acceptors (Lipinski definition) is 7. The van der Waals surface area contributed by atoms with E-state index in [0.717, 1.165) is 11.8 Å². The highest BCUT2D eigenvalue weighted by Gasteiger charge is 2.18. The first-order chi connectivity index (χ1) is 9.86. The molecule has 0 amide bonds. The minimum Gasteiger partial charge on any atom is -0.496 e. The molecule has 0 heterocycles. The van der Waals surface area contributed by atoms with Crippen molar-refractivity contribution in [2.75, 3.05) is 12.9 Å². The molecule has 1 atom stereocenters. The number of carbonyl (C=O) groups is 2. The molecule has 0 bridgehead atoms. The van der Waals surface area contributed by atoms with Crippen LogP contribution in [0.1, 0.15) is 12.5 Å². The van der Waals surface area contributed by atoms with E-state index < -0.39 is 12.0 Å². The lowest BCUT2D eigenvalue weighted by Crippen LogP contribution is -2.32. The molecule has 0 aliphatic heterocycles. The Hall–Kier alpha value is -1.09. The molecule has 0 aliphatic carbocycles. The number of thiocarbonyl (C=S) groups is 1. The maximum Gasteiger partial charge on any atom is 0.321 e. The summed E-state index contributed by atoms with van der Waals surface area (Å²) in [6.07, 6.45) is 0. The van der Waals surface area contributed by atoms with Crippen LogP contribution in [-0.4, -0.2) is 39.3 Å². The number of carbonyl (C=O) groups excluding carboxylic acids is 1. The number of rotatable bonds is 6. The van der Waals surface area contributed by atoms with Crippen LogP contribution < -0.4 is 10.5 Å². The SMILES string of the molecule is COc1cccc(C(=S)SC[C@H](N)C(=O)O)c1SC(C)=O. The van der Waals surface area contributed by atoms with Crippen LogP contribution in [0.4, 0.5) is 0 Å². The summed E-state index contributed by atoms with van der Waals surface area (Å²) in [5, 5.41) is 8.68. The maximum absolute atomic E-state index is 11.4. The van der Waals surface area contributed by atoms with Crippen molar-refractivity contribution in [3.8, 4) is 5.75 Å². The molecule has 0 aromatic heterocycles. The first-order valence-electron chi connectivity index (χ1n) is 5.87. The van der Waals surface area contributed by atoms with Gasteiger partial charge >= 0.3 is 5.97 Å². The molecule has 1 rings (SSSR count). The number of aliphatic carboxylic acids is 1. The molecule has 0 aliphatic rings. The zero-order valence-electron chi connectivity index (χ0n) is 11.5. The standard InChI is InChI=1S/C13H15NO4S3/c1-7(15)21-11-8(4-3-5-10(11)18-2)13(19)20-6-9(14)12(16)17/h3-5,9H,6,14H2,1-2H3,(H,16,17)/t9-/m0/s1. The first kappa shape index (κ1) is 18.0. The second-order valence-corrected chi connectivity index (χ2v) is 6.86. The largest absolute Gasteiger partial charge is 0.496 e. The van der Waals surface area contributed by atoms with E-state index in [1.54, 1.807) is 18.2 Å². The third kappa shape index (κ3) is 5.31. The van der Waals surface area contributed by atoms with Crippen molar-refractivity contribution in [2.24, 2.45) is 5.73 Å². The highest BCUT2D eigenvalue weighted by Crippen LogP contribution is 2.35. The summed E-state index contributed by atoms with van der Waals surface area (Å²) in [7, 11) is 1.51. The van der Waals surface area contributed by atoms with E-state index in [1.807, 2.05) is 0 Å². The third-order valence-corrected chi connectivity index (χ3v) is 4.87. The fourth-order valence-corrected chi connectivity index (χ4v) is 3.52. The van der Waals surface area contributed by atoms with Gasteiger partial charge in [-0.2, -0.15) is 0 Å². The average Bonchev–Trinajstić information content (AvgIpc) is 2.43. The summed E-state index contributed by atoms with van der Waals surface area (Å²) in [6, 6.07) is 4.30. The van der Waals surface area contributed by atoms with Gasteiger partial charge in [-0.25, -0.2) is 0 Å². The van der Waals surface area contributed by atoms with E-state index in [-0.39, 0.29) is 10.9 Å². The zero-order valence-corrected chi connectivity index (χ0v) is 13.9. The highest BCUT2D eigenvalue weighted by molar-refractivity contribution is 8.23. The van der Waals surface area contributed by atoms with Crippen molar-refractivity contribution in [1.82, 2.24) is 0 Å². The Morgan fingerprint density at radius 2 is 2.14 bits per heavy atom. The predicted molar refractivity (Wildman–Crippen MR) is 89.3 cm³/mol. The van der Waals surface area contributed by atoms with Crippen LogP contribution in [0.5, 0.6) is 5.75 Å². The van der Waals surface area contributed by atoms with Crippen LogP contribution in [0, 0.1) is 0 Å². The van der Waals surface area contributed by atoms with Crippen molar-refractivity contribution in [1.29, 1.82) is 0 Å². The summed E-state index contributed by atoms with van der Waals surface area (Å²) in [5.74, 6) is -0.359. The van der Waals surface area contributed by atoms with Crippen molar-refractivity contribution in [3.05, 3.63) is 23.8 Å². The monoisotopic (exact) mass is 345 g/mol. The van der Waals surface area contributed by atoms with Gasteiger partial charge in [0.2, 0.25) is 0 Å². The van der Waals surface area contributed by atoms with Crippen LogP contribution >= 0.6 is 35.7 Å². The summed E-state index contributed by atoms with van der Waals surface area (Å²) in [4.78, 5) is 22.7. The van der Waals surface area contributed by atoms with Gasteiger partial charge in [0.05, 0.1) is 16.2 Å². The van der Waals surface area contributed by atoms with E-state index >= 15 is 0 Å². The number of carboxylic acids is 1. The minimum absolute atomic E-state index is 0.0872. The smallest absolute Gasteiger partial charge is 0.321 e. The third-order valence-electron chi connectivity index (χ3n) is 2.38. The van der Waals surface area contributed by atoms with Gasteiger partial charge in [0.15, 0.2) is 5.12 Å². The molecular formula is C13H15NO4S3. The van der Waals surface area contributed by atoms with Gasteiger partial charge in [-0.3, -0.25) is 9.59 Å². The van der Waals surface area contributed by atoms with Crippen molar-refractivity contribution in [3.63, 3.8) is 0 Å². The Labute approximate surface area is 136 Å². The maximum atomic E-state index is 11.4. The molecule has 0 unspecified atom stereocenters. The second-order valence-electron chi connectivity index (χ2n) is 3.97. The number of thioether (sulfide) groups is 2. The van der Waals surface area contributed by atoms with Gasteiger partial charge in [-0.15, -0.1) is 11.8 Å². The molecule has 114 valence electrons. The van der Waals surface area contributed by atoms with Gasteiger partial charge in [-0.1, -0.05) is 24.4 Å². The number of hydrogen-bond donors (Lipinski definition) is 2. The second kappa shape index (κ2) is 8.38. The minimum atomic E-state index is -1.07. The molecular weight excluding hydrogens is 330 g/mol. The van der Waals surface area contributed by atoms with Crippen LogP contribution in [0.15, 0.2) is 23.1 Å². The number of methoxy groups -OCH3 is 1. The van der Waals surface area contributed by atoms with E-state index in [9.17, 15) is 9.59 Å². The molecule has 0 fully saturated rings. The Morgan fingerprint density at radius 3 is 2.67 bits per heavy atom. The normalized spacial score (nSPS) is 11.8. The van der Waals surface area contributed by atoms with E-state index in [4.69, 9.17) is 27.8 Å². The Kier molecular flexibility index (Phi) is 7.16. The molecule has 0 radical (unpaired) electrons. The molecule has 0 saturated carbocycles. The average molecular weight is 345 g/mol. The summed E-state index contributed by atoms with van der Waals surface area (Å²) >= 11 is 7.51. The van der Waals surface area contributed by atoms with Crippen LogP contribution in [0.2, 0.25) is 0 Å². The van der Waals surface area contributed by atoms with Gasteiger partial charge < -0.3 is 15.6 Å². The molecule has 3 N–H and O–H groups in total.